The number of carbonyl (C=O) groups excluding carboxylic acids is 2. The second-order valence-electron chi connectivity index (χ2n) is 7.23. The van der Waals surface area contributed by atoms with Crippen LogP contribution in [0.3, 0.4) is 0 Å². The van der Waals surface area contributed by atoms with E-state index in [-0.39, 0.29) is 36.7 Å². The molecule has 0 radical (unpaired) electrons. The molecule has 0 aromatic heterocycles. The predicted octanol–water partition coefficient (Wildman–Crippen LogP) is 3.05. The van der Waals surface area contributed by atoms with Gasteiger partial charge >= 0.3 is 6.03 Å². The highest BCUT2D eigenvalue weighted by Crippen LogP contribution is 2.27. The first-order valence-electron chi connectivity index (χ1n) is 9.37. The Morgan fingerprint density at radius 1 is 0.964 bits per heavy atom. The van der Waals surface area contributed by atoms with E-state index in [4.69, 9.17) is 0 Å². The van der Waals surface area contributed by atoms with Gasteiger partial charge in [0.15, 0.2) is 0 Å². The summed E-state index contributed by atoms with van der Waals surface area (Å²) in [6.07, 6.45) is 1.58. The molecule has 2 fully saturated rings. The fourth-order valence-corrected chi connectivity index (χ4v) is 3.95. The minimum absolute atomic E-state index is 0.0719. The average Bonchev–Trinajstić information content (AvgIpc) is 2.70. The van der Waals surface area contributed by atoms with Crippen LogP contribution >= 0.6 is 0 Å². The zero-order valence-electron chi connectivity index (χ0n) is 15.3. The lowest BCUT2D eigenvalue weighted by molar-refractivity contribution is -0.137. The number of fused-ring (bicyclic) bond motifs is 1. The number of hydrogen-bond acceptors (Lipinski definition) is 3. The Morgan fingerprint density at radius 2 is 1.75 bits per heavy atom. The number of halogens is 2. The van der Waals surface area contributed by atoms with Gasteiger partial charge < -0.3 is 10.2 Å². The molecule has 5 nitrogen and oxygen atoms in total. The van der Waals surface area contributed by atoms with E-state index in [1.54, 1.807) is 29.2 Å². The number of rotatable bonds is 4. The van der Waals surface area contributed by atoms with E-state index in [0.29, 0.717) is 17.7 Å². The van der Waals surface area contributed by atoms with Crippen LogP contribution in [0.2, 0.25) is 0 Å². The van der Waals surface area contributed by atoms with Crippen molar-refractivity contribution in [1.82, 2.24) is 15.1 Å². The van der Waals surface area contributed by atoms with Crippen LogP contribution in [-0.4, -0.2) is 40.4 Å². The molecular formula is C21H21F2N3O2. The van der Waals surface area contributed by atoms with Crippen LogP contribution in [0.15, 0.2) is 48.5 Å². The highest BCUT2D eigenvalue weighted by Gasteiger charge is 2.46. The van der Waals surface area contributed by atoms with Gasteiger partial charge in [-0.3, -0.25) is 9.69 Å². The van der Waals surface area contributed by atoms with Gasteiger partial charge in [-0.25, -0.2) is 13.6 Å². The van der Waals surface area contributed by atoms with Crippen LogP contribution in [0.1, 0.15) is 24.0 Å². The topological polar surface area (TPSA) is 52.7 Å². The largest absolute Gasteiger partial charge is 0.327 e. The molecule has 0 spiro atoms. The Morgan fingerprint density at radius 3 is 2.50 bits per heavy atom. The van der Waals surface area contributed by atoms with E-state index in [2.05, 4.69) is 5.32 Å². The Labute approximate surface area is 161 Å². The van der Waals surface area contributed by atoms with Crippen LogP contribution in [0.4, 0.5) is 13.6 Å². The maximum Gasteiger partial charge on any atom is 0.327 e. The van der Waals surface area contributed by atoms with E-state index in [0.717, 1.165) is 12.8 Å². The number of carbonyl (C=O) groups is 2. The normalized spacial score (nSPS) is 22.4. The van der Waals surface area contributed by atoms with Crippen LogP contribution in [-0.2, 0) is 17.9 Å². The summed E-state index contributed by atoms with van der Waals surface area (Å²) in [5.74, 6) is -1.00. The van der Waals surface area contributed by atoms with E-state index in [1.807, 2.05) is 0 Å². The van der Waals surface area contributed by atoms with Gasteiger partial charge in [0.25, 0.3) is 0 Å². The highest BCUT2D eigenvalue weighted by molar-refractivity contribution is 6.00. The molecule has 2 unspecified atom stereocenters. The second kappa shape index (κ2) is 7.67. The summed E-state index contributed by atoms with van der Waals surface area (Å²) in [4.78, 5) is 29.0. The van der Waals surface area contributed by atoms with E-state index in [9.17, 15) is 18.4 Å². The summed E-state index contributed by atoms with van der Waals surface area (Å²) in [5.41, 5.74) is 1.34. The first kappa shape index (κ1) is 18.6. The van der Waals surface area contributed by atoms with Gasteiger partial charge in [0, 0.05) is 6.54 Å². The Kier molecular flexibility index (Phi) is 5.09. The van der Waals surface area contributed by atoms with Gasteiger partial charge in [0.1, 0.15) is 17.7 Å². The van der Waals surface area contributed by atoms with Gasteiger partial charge in [-0.1, -0.05) is 24.3 Å². The summed E-state index contributed by atoms with van der Waals surface area (Å²) in [5, 5.41) is 3.22. The van der Waals surface area contributed by atoms with Crippen molar-refractivity contribution < 1.29 is 18.4 Å². The minimum atomic E-state index is -0.486. The lowest BCUT2D eigenvalue weighted by Crippen LogP contribution is -2.68. The van der Waals surface area contributed by atoms with Crippen molar-refractivity contribution in [1.29, 1.82) is 0 Å². The zero-order valence-corrected chi connectivity index (χ0v) is 15.3. The maximum atomic E-state index is 13.6. The minimum Gasteiger partial charge on any atom is -0.315 e. The fourth-order valence-electron chi connectivity index (χ4n) is 3.95. The van der Waals surface area contributed by atoms with Crippen molar-refractivity contribution in [2.45, 2.75) is 38.0 Å². The highest BCUT2D eigenvalue weighted by atomic mass is 19.1. The quantitative estimate of drug-likeness (QED) is 0.880. The molecule has 0 saturated carbocycles. The molecule has 0 bridgehead atoms. The lowest BCUT2D eigenvalue weighted by atomic mass is 9.93. The van der Waals surface area contributed by atoms with Gasteiger partial charge in [-0.2, -0.15) is 0 Å². The smallest absolute Gasteiger partial charge is 0.315 e. The number of urea groups is 1. The number of amides is 3. The molecule has 2 aromatic rings. The molecule has 146 valence electrons. The molecule has 2 heterocycles. The summed E-state index contributed by atoms with van der Waals surface area (Å²) in [6.45, 7) is 1.01. The van der Waals surface area contributed by atoms with Crippen molar-refractivity contribution in [2.24, 2.45) is 0 Å². The molecule has 2 saturated heterocycles. The molecule has 2 atom stereocenters. The van der Waals surface area contributed by atoms with E-state index < -0.39 is 12.1 Å². The second-order valence-corrected chi connectivity index (χ2v) is 7.23. The molecular weight excluding hydrogens is 364 g/mol. The Hall–Kier alpha value is -2.80. The molecule has 3 amide bonds. The number of hydrogen-bond donors (Lipinski definition) is 1. The number of nitrogens with one attached hydrogen (secondary N) is 1. The SMILES string of the molecule is O=C1C2NCCCC2N(Cc2cccc(F)c2)C(=O)N1Cc1ccc(F)cc1. The monoisotopic (exact) mass is 385 g/mol. The summed E-state index contributed by atoms with van der Waals surface area (Å²) < 4.78 is 26.8. The number of benzene rings is 2. The average molecular weight is 385 g/mol. The summed E-state index contributed by atoms with van der Waals surface area (Å²) in [6, 6.07) is 10.7. The maximum absolute atomic E-state index is 13.6. The van der Waals surface area contributed by atoms with Gasteiger partial charge in [0.2, 0.25) is 5.91 Å². The van der Waals surface area contributed by atoms with Crippen molar-refractivity contribution in [3.05, 3.63) is 71.3 Å². The third-order valence-electron chi connectivity index (χ3n) is 5.33. The third-order valence-corrected chi connectivity index (χ3v) is 5.33. The number of piperidine rings is 1. The number of imide groups is 1. The predicted molar refractivity (Wildman–Crippen MR) is 99.1 cm³/mol. The van der Waals surface area contributed by atoms with Crippen LogP contribution in [0, 0.1) is 11.6 Å². The molecule has 2 aromatic carbocycles. The van der Waals surface area contributed by atoms with Crippen molar-refractivity contribution in [2.75, 3.05) is 6.54 Å². The Balaban J connectivity index is 1.62. The first-order valence-corrected chi connectivity index (χ1v) is 9.37. The lowest BCUT2D eigenvalue weighted by Gasteiger charge is -2.47. The molecule has 2 aliphatic heterocycles. The molecule has 0 aliphatic carbocycles. The molecule has 1 N–H and O–H groups in total. The summed E-state index contributed by atoms with van der Waals surface area (Å²) >= 11 is 0. The zero-order chi connectivity index (χ0) is 19.7. The Bertz CT molecular complexity index is 887. The molecule has 28 heavy (non-hydrogen) atoms. The molecule has 7 heteroatoms. The van der Waals surface area contributed by atoms with Crippen molar-refractivity contribution >= 4 is 11.9 Å². The molecule has 4 rings (SSSR count). The standard InChI is InChI=1S/C21H21F2N3O2/c22-16-8-6-14(7-9-16)12-26-20(27)19-18(5-2-10-24-19)25(21(26)28)13-15-3-1-4-17(23)11-15/h1,3-4,6-9,11,18-19,24H,2,5,10,12-13H2. The van der Waals surface area contributed by atoms with E-state index >= 15 is 0 Å². The van der Waals surface area contributed by atoms with Crippen LogP contribution < -0.4 is 5.32 Å². The van der Waals surface area contributed by atoms with Crippen molar-refractivity contribution in [3.63, 3.8) is 0 Å². The van der Waals surface area contributed by atoms with Gasteiger partial charge in [0.05, 0.1) is 12.6 Å². The van der Waals surface area contributed by atoms with Crippen molar-refractivity contribution in [3.8, 4) is 0 Å². The van der Waals surface area contributed by atoms with Gasteiger partial charge in [-0.05, 0) is 54.8 Å². The number of nitrogens with zero attached hydrogens (tertiary/aromatic N) is 2. The third kappa shape index (κ3) is 3.62. The first-order chi connectivity index (χ1) is 13.5. The molecule has 2 aliphatic rings. The fraction of sp³-hybridized carbons (Fsp3) is 0.333. The van der Waals surface area contributed by atoms with E-state index in [1.165, 1.54) is 29.2 Å². The van der Waals surface area contributed by atoms with Crippen LogP contribution in [0.25, 0.3) is 0 Å². The van der Waals surface area contributed by atoms with Gasteiger partial charge in [-0.15, -0.1) is 0 Å². The van der Waals surface area contributed by atoms with Crippen LogP contribution in [0.5, 0.6) is 0 Å². The summed E-state index contributed by atoms with van der Waals surface area (Å²) in [7, 11) is 0.